The predicted molar refractivity (Wildman–Crippen MR) is 51.0 cm³/mol. The molecule has 0 saturated heterocycles. The maximum absolute atomic E-state index is 10.1. The molecule has 1 heteroatoms. The third kappa shape index (κ3) is 3.70. The maximum atomic E-state index is 10.1. The van der Waals surface area contributed by atoms with Gasteiger partial charge in [-0.2, -0.15) is 0 Å². The first-order chi connectivity index (χ1) is 5.93. The molecule has 12 heavy (non-hydrogen) atoms. The average molecular weight is 166 g/mol. The summed E-state index contributed by atoms with van der Waals surface area (Å²) in [6.07, 6.45) is 14.0. The van der Waals surface area contributed by atoms with Crippen molar-refractivity contribution in [3.63, 3.8) is 0 Å². The third-order valence-corrected chi connectivity index (χ3v) is 2.61. The molecule has 1 aliphatic rings. The number of hydrogen-bond donors (Lipinski definition) is 0. The highest BCUT2D eigenvalue weighted by Gasteiger charge is 2.07. The van der Waals surface area contributed by atoms with Crippen LogP contribution in [-0.4, -0.2) is 6.29 Å². The van der Waals surface area contributed by atoms with E-state index in [0.717, 1.165) is 6.29 Å². The summed E-state index contributed by atoms with van der Waals surface area (Å²) in [5.74, 6) is 0.676. The minimum atomic E-state index is 0.676. The van der Waals surface area contributed by atoms with Gasteiger partial charge in [0, 0.05) is 0 Å². The van der Waals surface area contributed by atoms with Crippen molar-refractivity contribution in [2.45, 2.75) is 44.9 Å². The Morgan fingerprint density at radius 1 is 0.917 bits per heavy atom. The lowest BCUT2D eigenvalue weighted by atomic mass is 9.91. The molecule has 0 bridgehead atoms. The van der Waals surface area contributed by atoms with Gasteiger partial charge in [-0.3, -0.25) is 4.79 Å². The number of hydrogen-bond acceptors (Lipinski definition) is 1. The second-order valence-electron chi connectivity index (χ2n) is 3.63. The average Bonchev–Trinajstić information content (AvgIpc) is 2.02. The van der Waals surface area contributed by atoms with Crippen molar-refractivity contribution >= 4 is 6.29 Å². The molecule has 0 aliphatic heterocycles. The van der Waals surface area contributed by atoms with Crippen LogP contribution in [0.2, 0.25) is 0 Å². The summed E-state index contributed by atoms with van der Waals surface area (Å²) in [5.41, 5.74) is 0. The fourth-order valence-electron chi connectivity index (χ4n) is 1.88. The van der Waals surface area contributed by atoms with E-state index >= 15 is 0 Å². The Balaban J connectivity index is 2.29. The fourth-order valence-corrected chi connectivity index (χ4v) is 1.88. The van der Waals surface area contributed by atoms with Gasteiger partial charge in [-0.15, -0.1) is 0 Å². The van der Waals surface area contributed by atoms with Gasteiger partial charge in [0.15, 0.2) is 0 Å². The van der Waals surface area contributed by atoms with E-state index in [1.54, 1.807) is 6.08 Å². The molecule has 1 fully saturated rings. The highest BCUT2D eigenvalue weighted by atomic mass is 16.1. The van der Waals surface area contributed by atoms with Crippen molar-refractivity contribution in [1.82, 2.24) is 0 Å². The Morgan fingerprint density at radius 2 is 1.50 bits per heavy atom. The molecule has 1 rings (SSSR count). The van der Waals surface area contributed by atoms with Crippen molar-refractivity contribution in [3.05, 3.63) is 12.2 Å². The van der Waals surface area contributed by atoms with Crippen LogP contribution in [0.5, 0.6) is 0 Å². The van der Waals surface area contributed by atoms with Crippen LogP contribution in [-0.2, 0) is 4.79 Å². The van der Waals surface area contributed by atoms with Crippen LogP contribution in [0.4, 0.5) is 0 Å². The third-order valence-electron chi connectivity index (χ3n) is 2.61. The molecule has 0 aromatic heterocycles. The number of carbonyl (C=O) groups is 1. The van der Waals surface area contributed by atoms with Crippen molar-refractivity contribution in [1.29, 1.82) is 0 Å². The number of aldehydes is 1. The fraction of sp³-hybridized carbons (Fsp3) is 0.727. The van der Waals surface area contributed by atoms with Gasteiger partial charge in [-0.25, -0.2) is 0 Å². The lowest BCUT2D eigenvalue weighted by Gasteiger charge is -2.15. The van der Waals surface area contributed by atoms with Crippen molar-refractivity contribution in [2.75, 3.05) is 0 Å². The summed E-state index contributed by atoms with van der Waals surface area (Å²) in [4.78, 5) is 10.1. The van der Waals surface area contributed by atoms with E-state index < -0.39 is 0 Å². The molecule has 1 saturated carbocycles. The minimum absolute atomic E-state index is 0.676. The summed E-state index contributed by atoms with van der Waals surface area (Å²) in [6, 6.07) is 0. The van der Waals surface area contributed by atoms with Crippen LogP contribution >= 0.6 is 0 Å². The zero-order chi connectivity index (χ0) is 8.65. The maximum Gasteiger partial charge on any atom is 0.142 e. The molecule has 0 atom stereocenters. The molecule has 0 spiro atoms. The molecule has 0 radical (unpaired) electrons. The van der Waals surface area contributed by atoms with Crippen molar-refractivity contribution in [3.8, 4) is 0 Å². The van der Waals surface area contributed by atoms with Gasteiger partial charge in [-0.05, 0) is 24.8 Å². The summed E-state index contributed by atoms with van der Waals surface area (Å²) in [7, 11) is 0. The Bertz CT molecular complexity index is 141. The molecule has 1 aliphatic carbocycles. The topological polar surface area (TPSA) is 17.1 Å². The molecular formula is C11H18O. The number of rotatable bonds is 2. The van der Waals surface area contributed by atoms with Crippen LogP contribution < -0.4 is 0 Å². The van der Waals surface area contributed by atoms with Gasteiger partial charge in [-0.1, -0.05) is 38.2 Å². The van der Waals surface area contributed by atoms with Gasteiger partial charge >= 0.3 is 0 Å². The molecule has 0 N–H and O–H groups in total. The summed E-state index contributed by atoms with van der Waals surface area (Å²) < 4.78 is 0. The van der Waals surface area contributed by atoms with E-state index in [-0.39, 0.29) is 0 Å². The lowest BCUT2D eigenvalue weighted by Crippen LogP contribution is -2.00. The van der Waals surface area contributed by atoms with Crippen LogP contribution in [0.1, 0.15) is 44.9 Å². The summed E-state index contributed by atoms with van der Waals surface area (Å²) >= 11 is 0. The smallest absolute Gasteiger partial charge is 0.142 e. The molecule has 0 aromatic rings. The molecule has 68 valence electrons. The van der Waals surface area contributed by atoms with Crippen LogP contribution in [0.3, 0.4) is 0 Å². The van der Waals surface area contributed by atoms with E-state index in [1.165, 1.54) is 44.9 Å². The van der Waals surface area contributed by atoms with Gasteiger partial charge in [0.25, 0.3) is 0 Å². The van der Waals surface area contributed by atoms with Gasteiger partial charge in [0.2, 0.25) is 0 Å². The largest absolute Gasteiger partial charge is 0.299 e. The number of allylic oxidation sites excluding steroid dienone is 2. The quantitative estimate of drug-likeness (QED) is 0.455. The number of carbonyl (C=O) groups excluding carboxylic acids is 1. The molecule has 1 nitrogen and oxygen atoms in total. The highest BCUT2D eigenvalue weighted by Crippen LogP contribution is 2.22. The van der Waals surface area contributed by atoms with Gasteiger partial charge in [0.05, 0.1) is 0 Å². The molecule has 0 unspecified atom stereocenters. The zero-order valence-electron chi connectivity index (χ0n) is 7.67. The van der Waals surface area contributed by atoms with E-state index in [1.807, 2.05) is 0 Å². The van der Waals surface area contributed by atoms with E-state index in [0.29, 0.717) is 5.92 Å². The highest BCUT2D eigenvalue weighted by molar-refractivity contribution is 5.64. The Hall–Kier alpha value is -0.590. The van der Waals surface area contributed by atoms with Crippen LogP contribution in [0.15, 0.2) is 12.2 Å². The SMILES string of the molecule is O=C/C=C/C1CCCCCCC1. The molecule has 0 amide bonds. The monoisotopic (exact) mass is 166 g/mol. The van der Waals surface area contributed by atoms with E-state index in [4.69, 9.17) is 0 Å². The second-order valence-corrected chi connectivity index (χ2v) is 3.63. The first-order valence-electron chi connectivity index (χ1n) is 5.05. The Labute approximate surface area is 74.9 Å². The molecular weight excluding hydrogens is 148 g/mol. The summed E-state index contributed by atoms with van der Waals surface area (Å²) in [5, 5.41) is 0. The standard InChI is InChI=1S/C11H18O/c12-10-6-9-11-7-4-2-1-3-5-8-11/h6,9-11H,1-5,7-8H2/b9-6+. The molecule has 0 aromatic carbocycles. The summed E-state index contributed by atoms with van der Waals surface area (Å²) in [6.45, 7) is 0. The first kappa shape index (κ1) is 9.50. The van der Waals surface area contributed by atoms with E-state index in [2.05, 4.69) is 6.08 Å². The van der Waals surface area contributed by atoms with Crippen LogP contribution in [0, 0.1) is 5.92 Å². The van der Waals surface area contributed by atoms with Gasteiger partial charge in [0.1, 0.15) is 6.29 Å². The van der Waals surface area contributed by atoms with Crippen molar-refractivity contribution < 1.29 is 4.79 Å². The predicted octanol–water partition coefficient (Wildman–Crippen LogP) is 3.10. The Morgan fingerprint density at radius 3 is 2.08 bits per heavy atom. The van der Waals surface area contributed by atoms with E-state index in [9.17, 15) is 4.79 Å². The zero-order valence-corrected chi connectivity index (χ0v) is 7.67. The normalized spacial score (nSPS) is 22.0. The second kappa shape index (κ2) is 5.99. The molecule has 0 heterocycles. The minimum Gasteiger partial charge on any atom is -0.299 e. The first-order valence-corrected chi connectivity index (χ1v) is 5.05. The lowest BCUT2D eigenvalue weighted by molar-refractivity contribution is -0.104. The Kier molecular flexibility index (Phi) is 4.74. The van der Waals surface area contributed by atoms with Gasteiger partial charge < -0.3 is 0 Å². The van der Waals surface area contributed by atoms with Crippen LogP contribution in [0.25, 0.3) is 0 Å². The van der Waals surface area contributed by atoms with Crippen molar-refractivity contribution in [2.24, 2.45) is 5.92 Å².